The van der Waals surface area contributed by atoms with Gasteiger partial charge in [0.25, 0.3) is 0 Å². The van der Waals surface area contributed by atoms with Crippen LogP contribution in [0.3, 0.4) is 0 Å². The van der Waals surface area contributed by atoms with Crippen molar-refractivity contribution in [1.29, 1.82) is 0 Å². The van der Waals surface area contributed by atoms with Crippen LogP contribution >= 0.6 is 0 Å². The summed E-state index contributed by atoms with van der Waals surface area (Å²) < 4.78 is 16.9. The number of hydrogen-bond acceptors (Lipinski definition) is 6. The molecule has 2 saturated heterocycles. The molecule has 0 spiro atoms. The van der Waals surface area contributed by atoms with Crippen LogP contribution in [0.15, 0.2) is 30.6 Å². The lowest BCUT2D eigenvalue weighted by Gasteiger charge is -2.41. The minimum atomic E-state index is 0.243. The predicted octanol–water partition coefficient (Wildman–Crippen LogP) is 2.74. The molecule has 130 valence electrons. The summed E-state index contributed by atoms with van der Waals surface area (Å²) in [5, 5.41) is 0. The van der Waals surface area contributed by atoms with Crippen molar-refractivity contribution >= 4 is 0 Å². The molecule has 2 bridgehead atoms. The van der Waals surface area contributed by atoms with E-state index in [9.17, 15) is 0 Å². The highest BCUT2D eigenvalue weighted by Gasteiger charge is 2.33. The van der Waals surface area contributed by atoms with Crippen LogP contribution in [0.5, 0.6) is 17.5 Å². The van der Waals surface area contributed by atoms with Crippen LogP contribution in [0.2, 0.25) is 0 Å². The van der Waals surface area contributed by atoms with Gasteiger partial charge in [-0.3, -0.25) is 0 Å². The highest BCUT2D eigenvalue weighted by molar-refractivity contribution is 5.66. The summed E-state index contributed by atoms with van der Waals surface area (Å²) in [5.74, 6) is 2.16. The highest BCUT2D eigenvalue weighted by atomic mass is 16.7. The minimum Gasteiger partial charge on any atom is -0.460 e. The zero-order chi connectivity index (χ0) is 16.6. The van der Waals surface area contributed by atoms with Gasteiger partial charge in [-0.2, -0.15) is 0 Å². The lowest BCUT2D eigenvalue weighted by atomic mass is 9.87. The first-order valence-corrected chi connectivity index (χ1v) is 8.96. The van der Waals surface area contributed by atoms with Gasteiger partial charge in [0.05, 0.1) is 0 Å². The second-order valence-corrected chi connectivity index (χ2v) is 6.97. The fourth-order valence-corrected chi connectivity index (χ4v) is 4.04. The molecule has 1 aromatic heterocycles. The maximum absolute atomic E-state index is 6.11. The maximum Gasteiger partial charge on any atom is 0.316 e. The summed E-state index contributed by atoms with van der Waals surface area (Å²) in [6.07, 6.45) is 7.46. The van der Waals surface area contributed by atoms with E-state index in [0.29, 0.717) is 11.9 Å². The molecule has 0 N–H and O–H groups in total. The van der Waals surface area contributed by atoms with Gasteiger partial charge in [-0.15, -0.1) is 0 Å². The third-order valence-electron chi connectivity index (χ3n) is 5.39. The quantitative estimate of drug-likeness (QED) is 0.857. The SMILES string of the molecule is c1cc2c(cc1-c1cnc(OC3CCN4CCCC3C4)nc1)OCO2. The Morgan fingerprint density at radius 2 is 1.88 bits per heavy atom. The van der Waals surface area contributed by atoms with Crippen molar-refractivity contribution < 1.29 is 14.2 Å². The molecular weight excluding hydrogens is 318 g/mol. The Morgan fingerprint density at radius 3 is 2.80 bits per heavy atom. The van der Waals surface area contributed by atoms with E-state index in [2.05, 4.69) is 14.9 Å². The molecule has 2 fully saturated rings. The monoisotopic (exact) mass is 339 g/mol. The largest absolute Gasteiger partial charge is 0.460 e. The van der Waals surface area contributed by atoms with Gasteiger partial charge in [0, 0.05) is 37.0 Å². The Hall–Kier alpha value is -2.34. The first kappa shape index (κ1) is 15.0. The zero-order valence-electron chi connectivity index (χ0n) is 14.1. The van der Waals surface area contributed by atoms with Crippen molar-refractivity contribution in [3.63, 3.8) is 0 Å². The number of piperidine rings is 2. The summed E-state index contributed by atoms with van der Waals surface area (Å²) in [6.45, 7) is 3.79. The van der Waals surface area contributed by atoms with Gasteiger partial charge < -0.3 is 19.1 Å². The molecule has 3 aliphatic heterocycles. The Morgan fingerprint density at radius 1 is 1.00 bits per heavy atom. The molecule has 4 heterocycles. The molecular formula is C19H21N3O3. The van der Waals surface area contributed by atoms with Crippen LogP contribution < -0.4 is 14.2 Å². The molecule has 25 heavy (non-hydrogen) atoms. The van der Waals surface area contributed by atoms with Crippen molar-refractivity contribution in [2.75, 3.05) is 26.4 Å². The first-order chi connectivity index (χ1) is 12.3. The van der Waals surface area contributed by atoms with E-state index < -0.39 is 0 Å². The van der Waals surface area contributed by atoms with Crippen LogP contribution in [0.4, 0.5) is 0 Å². The Kier molecular flexibility index (Phi) is 3.70. The fraction of sp³-hybridized carbons (Fsp3) is 0.474. The molecule has 0 aliphatic carbocycles. The molecule has 6 heteroatoms. The topological polar surface area (TPSA) is 56.7 Å². The molecule has 1 aromatic carbocycles. The number of rotatable bonds is 3. The first-order valence-electron chi connectivity index (χ1n) is 8.96. The Labute approximate surface area is 146 Å². The van der Waals surface area contributed by atoms with Gasteiger partial charge in [0.15, 0.2) is 11.5 Å². The Bertz CT molecular complexity index is 765. The van der Waals surface area contributed by atoms with Gasteiger partial charge in [0.2, 0.25) is 6.79 Å². The second-order valence-electron chi connectivity index (χ2n) is 6.97. The Balaban J connectivity index is 1.30. The van der Waals surface area contributed by atoms with Gasteiger partial charge >= 0.3 is 6.01 Å². The van der Waals surface area contributed by atoms with Crippen LogP contribution in [-0.2, 0) is 0 Å². The maximum atomic E-state index is 6.11. The van der Waals surface area contributed by atoms with Crippen molar-refractivity contribution in [2.24, 2.45) is 5.92 Å². The van der Waals surface area contributed by atoms with Gasteiger partial charge in [-0.25, -0.2) is 9.97 Å². The van der Waals surface area contributed by atoms with E-state index >= 15 is 0 Å². The molecule has 0 radical (unpaired) electrons. The third kappa shape index (κ3) is 2.91. The molecule has 2 aromatic rings. The summed E-state index contributed by atoms with van der Waals surface area (Å²) >= 11 is 0. The lowest BCUT2D eigenvalue weighted by Crippen LogP contribution is -2.49. The predicted molar refractivity (Wildman–Crippen MR) is 91.8 cm³/mol. The second kappa shape index (κ2) is 6.19. The number of aromatic nitrogens is 2. The average molecular weight is 339 g/mol. The molecule has 0 amide bonds. The number of ether oxygens (including phenoxy) is 3. The van der Waals surface area contributed by atoms with Crippen LogP contribution in [0.1, 0.15) is 19.3 Å². The molecule has 5 rings (SSSR count). The van der Waals surface area contributed by atoms with E-state index in [1.165, 1.54) is 19.4 Å². The van der Waals surface area contributed by atoms with Crippen molar-refractivity contribution in [3.8, 4) is 28.6 Å². The molecule has 3 atom stereocenters. The van der Waals surface area contributed by atoms with Crippen molar-refractivity contribution in [3.05, 3.63) is 30.6 Å². The van der Waals surface area contributed by atoms with Crippen LogP contribution in [-0.4, -0.2) is 47.4 Å². The van der Waals surface area contributed by atoms with Crippen molar-refractivity contribution in [2.45, 2.75) is 25.4 Å². The van der Waals surface area contributed by atoms with E-state index in [1.807, 2.05) is 30.6 Å². The summed E-state index contributed by atoms with van der Waals surface area (Å²) in [5.41, 5.74) is 1.95. The number of fused-ring (bicyclic) bond motifs is 3. The van der Waals surface area contributed by atoms with E-state index in [0.717, 1.165) is 42.1 Å². The summed E-state index contributed by atoms with van der Waals surface area (Å²) in [4.78, 5) is 11.4. The highest BCUT2D eigenvalue weighted by Crippen LogP contribution is 2.36. The number of hydrogen-bond donors (Lipinski definition) is 0. The number of nitrogens with zero attached hydrogens (tertiary/aromatic N) is 3. The third-order valence-corrected chi connectivity index (χ3v) is 5.39. The van der Waals surface area contributed by atoms with Crippen LogP contribution in [0.25, 0.3) is 11.1 Å². The minimum absolute atomic E-state index is 0.243. The molecule has 6 nitrogen and oxygen atoms in total. The van der Waals surface area contributed by atoms with E-state index in [-0.39, 0.29) is 12.9 Å². The summed E-state index contributed by atoms with van der Waals surface area (Å²) in [7, 11) is 0. The van der Waals surface area contributed by atoms with Crippen molar-refractivity contribution in [1.82, 2.24) is 14.9 Å². The fourth-order valence-electron chi connectivity index (χ4n) is 4.04. The zero-order valence-corrected chi connectivity index (χ0v) is 14.1. The smallest absolute Gasteiger partial charge is 0.316 e. The lowest BCUT2D eigenvalue weighted by molar-refractivity contribution is 0.0103. The normalized spacial score (nSPS) is 27.1. The molecule has 3 aliphatic rings. The van der Waals surface area contributed by atoms with Crippen LogP contribution in [0, 0.1) is 5.92 Å². The molecule has 3 unspecified atom stereocenters. The average Bonchev–Trinajstić information content (AvgIpc) is 3.13. The summed E-state index contributed by atoms with van der Waals surface area (Å²) in [6, 6.07) is 6.34. The standard InChI is InChI=1S/C19H21N3O3/c1-2-14-11-22(6-1)7-5-16(14)25-19-20-9-15(10-21-19)13-3-4-17-18(8-13)24-12-23-17/h3-4,8-10,14,16H,1-2,5-7,11-12H2. The van der Waals surface area contributed by atoms with Gasteiger partial charge in [-0.1, -0.05) is 6.07 Å². The van der Waals surface area contributed by atoms with E-state index in [1.54, 1.807) is 0 Å². The molecule has 0 saturated carbocycles. The number of benzene rings is 1. The van der Waals surface area contributed by atoms with E-state index in [4.69, 9.17) is 14.2 Å². The van der Waals surface area contributed by atoms with Gasteiger partial charge in [-0.05, 0) is 43.5 Å². The van der Waals surface area contributed by atoms with Gasteiger partial charge in [0.1, 0.15) is 6.10 Å².